The molecule has 11 heavy (non-hydrogen) atoms. The lowest BCUT2D eigenvalue weighted by Gasteiger charge is -1.96. The Kier molecular flexibility index (Phi) is 4.67. The smallest absolute Gasteiger partial charge is 0.330 e. The minimum Gasteiger partial charge on any atom is -0.466 e. The molecule has 0 saturated carbocycles. The second kappa shape index (κ2) is 5.00. The van der Waals surface area contributed by atoms with Crippen molar-refractivity contribution in [3.8, 4) is 0 Å². The molecule has 0 saturated heterocycles. The lowest BCUT2D eigenvalue weighted by Crippen LogP contribution is -2.10. The van der Waals surface area contributed by atoms with E-state index in [1.165, 1.54) is 0 Å². The molecule has 0 heterocycles. The quantitative estimate of drug-likeness (QED) is 0.339. The summed E-state index contributed by atoms with van der Waals surface area (Å²) >= 11 is -2.37. The number of esters is 1. The summed E-state index contributed by atoms with van der Waals surface area (Å²) in [5.74, 6) is -0.686. The van der Waals surface area contributed by atoms with Crippen molar-refractivity contribution in [2.75, 3.05) is 7.11 Å². The lowest BCUT2D eigenvalue weighted by molar-refractivity contribution is -0.134. The Labute approximate surface area is 66.0 Å². The first-order chi connectivity index (χ1) is 5.07. The van der Waals surface area contributed by atoms with Gasteiger partial charge in [0, 0.05) is 6.08 Å². The Balaban J connectivity index is 3.92. The largest absolute Gasteiger partial charge is 0.466 e. The van der Waals surface area contributed by atoms with Gasteiger partial charge >= 0.3 is 5.97 Å². The van der Waals surface area contributed by atoms with Crippen LogP contribution in [-0.4, -0.2) is 32.4 Å². The molecule has 0 spiro atoms. The van der Waals surface area contributed by atoms with Gasteiger partial charge in [0.05, 0.1) is 7.11 Å². The number of hydrogen-bond acceptors (Lipinski definition) is 4. The summed E-state index contributed by atoms with van der Waals surface area (Å²) in [6, 6.07) is 0. The van der Waals surface area contributed by atoms with Crippen LogP contribution in [0.1, 0.15) is 0 Å². The number of methoxy groups -OCH3 is 1. The van der Waals surface area contributed by atoms with Gasteiger partial charge in [-0.2, -0.15) is 0 Å². The van der Waals surface area contributed by atoms with Crippen molar-refractivity contribution in [2.24, 2.45) is 0 Å². The fraction of sp³-hybridized carbons (Fsp3) is 0.400. The number of carbonyl (C=O) groups excluding carboxylic acids is 1. The summed E-state index contributed by atoms with van der Waals surface area (Å²) in [6.07, 6.45) is 1.75. The van der Waals surface area contributed by atoms with E-state index in [9.17, 15) is 9.00 Å². The molecule has 0 fully saturated rings. The topological polar surface area (TPSA) is 83.8 Å². The van der Waals surface area contributed by atoms with Crippen molar-refractivity contribution in [3.63, 3.8) is 0 Å². The highest BCUT2D eigenvalue weighted by Gasteiger charge is 2.05. The van der Waals surface area contributed by atoms with Gasteiger partial charge in [-0.1, -0.05) is 0 Å². The number of carbonyl (C=O) groups is 1. The third kappa shape index (κ3) is 4.65. The van der Waals surface area contributed by atoms with Crippen LogP contribution in [0.25, 0.3) is 0 Å². The van der Waals surface area contributed by atoms with Crippen LogP contribution in [0, 0.1) is 0 Å². The number of hydrogen-bond donors (Lipinski definition) is 2. The standard InChI is InChI=1S/C5H8O5S/c1-10-4(6)2-3-5(7)11(8)9/h2-3,5,7H,1H3,(H,8,9)/b3-2+. The number of rotatable bonds is 3. The zero-order valence-electron chi connectivity index (χ0n) is 5.76. The van der Waals surface area contributed by atoms with Gasteiger partial charge in [-0.3, -0.25) is 0 Å². The molecule has 0 aliphatic carbocycles. The van der Waals surface area contributed by atoms with Gasteiger partial charge in [0.15, 0.2) is 16.5 Å². The molecule has 1 unspecified atom stereocenters. The van der Waals surface area contributed by atoms with Gasteiger partial charge in [0.25, 0.3) is 0 Å². The molecule has 0 aromatic carbocycles. The minimum atomic E-state index is -2.37. The van der Waals surface area contributed by atoms with Gasteiger partial charge in [0.1, 0.15) is 0 Å². The number of aliphatic hydroxyl groups excluding tert-OH is 1. The first kappa shape index (κ1) is 10.3. The summed E-state index contributed by atoms with van der Waals surface area (Å²) < 4.78 is 22.4. The van der Waals surface area contributed by atoms with E-state index >= 15 is 0 Å². The minimum absolute atomic E-state index is 0.686. The molecule has 0 aromatic rings. The summed E-state index contributed by atoms with van der Waals surface area (Å²) in [7, 11) is 1.16. The van der Waals surface area contributed by atoms with Crippen molar-refractivity contribution in [3.05, 3.63) is 12.2 Å². The zero-order chi connectivity index (χ0) is 8.85. The van der Waals surface area contributed by atoms with E-state index in [0.717, 1.165) is 19.3 Å². The zero-order valence-corrected chi connectivity index (χ0v) is 6.58. The molecule has 5 nitrogen and oxygen atoms in total. The second-order valence-corrected chi connectivity index (χ2v) is 2.58. The maximum atomic E-state index is 10.3. The van der Waals surface area contributed by atoms with E-state index in [2.05, 4.69) is 4.74 Å². The van der Waals surface area contributed by atoms with E-state index < -0.39 is 22.5 Å². The number of aliphatic hydroxyl groups is 1. The first-order valence-corrected chi connectivity index (χ1v) is 3.78. The van der Waals surface area contributed by atoms with Crippen molar-refractivity contribution < 1.29 is 23.4 Å². The van der Waals surface area contributed by atoms with Crippen LogP contribution in [0.2, 0.25) is 0 Å². The van der Waals surface area contributed by atoms with Crippen LogP contribution >= 0.6 is 0 Å². The maximum absolute atomic E-state index is 10.3. The Hall–Kier alpha value is -0.720. The monoisotopic (exact) mass is 180 g/mol. The molecule has 0 radical (unpaired) electrons. The van der Waals surface area contributed by atoms with E-state index in [1.54, 1.807) is 0 Å². The Morgan fingerprint density at radius 1 is 1.73 bits per heavy atom. The van der Waals surface area contributed by atoms with E-state index in [1.807, 2.05) is 0 Å². The van der Waals surface area contributed by atoms with Gasteiger partial charge in [-0.05, 0) is 6.08 Å². The van der Waals surface area contributed by atoms with Crippen LogP contribution in [0.4, 0.5) is 0 Å². The van der Waals surface area contributed by atoms with Crippen LogP contribution in [-0.2, 0) is 20.6 Å². The summed E-state index contributed by atoms with van der Waals surface area (Å²) in [6.45, 7) is 0. The molecular weight excluding hydrogens is 172 g/mol. The molecule has 0 rings (SSSR count). The Morgan fingerprint density at radius 2 is 2.27 bits per heavy atom. The van der Waals surface area contributed by atoms with Gasteiger partial charge in [-0.25, -0.2) is 9.00 Å². The van der Waals surface area contributed by atoms with Crippen LogP contribution in [0.5, 0.6) is 0 Å². The average molecular weight is 180 g/mol. The van der Waals surface area contributed by atoms with Crippen LogP contribution < -0.4 is 0 Å². The lowest BCUT2D eigenvalue weighted by atomic mass is 10.5. The first-order valence-electron chi connectivity index (χ1n) is 2.61. The van der Waals surface area contributed by atoms with Crippen molar-refractivity contribution in [1.82, 2.24) is 0 Å². The number of ether oxygens (including phenoxy) is 1. The average Bonchev–Trinajstić information content (AvgIpc) is 1.99. The van der Waals surface area contributed by atoms with Crippen LogP contribution in [0.3, 0.4) is 0 Å². The highest BCUT2D eigenvalue weighted by Crippen LogP contribution is 1.90. The van der Waals surface area contributed by atoms with Gasteiger partial charge in [-0.15, -0.1) is 0 Å². The third-order valence-electron chi connectivity index (χ3n) is 0.805. The molecule has 0 aromatic heterocycles. The third-order valence-corrected chi connectivity index (χ3v) is 1.38. The fourth-order valence-electron chi connectivity index (χ4n) is 0.296. The molecular formula is C5H8O5S. The van der Waals surface area contributed by atoms with E-state index in [4.69, 9.17) is 9.66 Å². The normalized spacial score (nSPS) is 16.3. The van der Waals surface area contributed by atoms with Gasteiger partial charge < -0.3 is 14.4 Å². The molecule has 64 valence electrons. The highest BCUT2D eigenvalue weighted by atomic mass is 32.2. The fourth-order valence-corrected chi connectivity index (χ4v) is 0.509. The van der Waals surface area contributed by atoms with Crippen LogP contribution in [0.15, 0.2) is 12.2 Å². The van der Waals surface area contributed by atoms with Crippen molar-refractivity contribution >= 4 is 17.0 Å². The maximum Gasteiger partial charge on any atom is 0.330 e. The molecule has 2 atom stereocenters. The second-order valence-electron chi connectivity index (χ2n) is 1.55. The molecule has 2 N–H and O–H groups in total. The molecule has 6 heteroatoms. The molecule has 0 amide bonds. The SMILES string of the molecule is COC(=O)/C=C/C(O)[S@@](=O)O. The predicted octanol–water partition coefficient (Wildman–Crippen LogP) is -0.744. The summed E-state index contributed by atoms with van der Waals surface area (Å²) in [5, 5.41) is 8.63. The summed E-state index contributed by atoms with van der Waals surface area (Å²) in [5.41, 5.74) is -1.55. The molecule has 0 bridgehead atoms. The van der Waals surface area contributed by atoms with Gasteiger partial charge in [0.2, 0.25) is 0 Å². The molecule has 0 aliphatic heterocycles. The van der Waals surface area contributed by atoms with E-state index in [0.29, 0.717) is 0 Å². The van der Waals surface area contributed by atoms with Crippen molar-refractivity contribution in [1.29, 1.82) is 0 Å². The Bertz CT molecular complexity index is 187. The highest BCUT2D eigenvalue weighted by molar-refractivity contribution is 7.79. The Morgan fingerprint density at radius 3 is 2.64 bits per heavy atom. The molecule has 0 aliphatic rings. The van der Waals surface area contributed by atoms with E-state index in [-0.39, 0.29) is 0 Å². The summed E-state index contributed by atoms with van der Waals surface area (Å²) in [4.78, 5) is 10.3. The predicted molar refractivity (Wildman–Crippen MR) is 37.9 cm³/mol. The van der Waals surface area contributed by atoms with Crippen molar-refractivity contribution in [2.45, 2.75) is 5.44 Å².